The van der Waals surface area contributed by atoms with E-state index in [9.17, 15) is 10.1 Å². The minimum absolute atomic E-state index is 0.0548. The molecule has 0 radical (unpaired) electrons. The number of aromatic nitrogens is 3. The molecule has 8 nitrogen and oxygen atoms in total. The van der Waals surface area contributed by atoms with Crippen molar-refractivity contribution in [1.29, 1.82) is 0 Å². The maximum absolute atomic E-state index is 10.8. The van der Waals surface area contributed by atoms with Crippen LogP contribution in [0.25, 0.3) is 5.70 Å². The minimum atomic E-state index is -0.414. The van der Waals surface area contributed by atoms with Crippen molar-refractivity contribution in [3.8, 4) is 0 Å². The number of furan rings is 1. The fourth-order valence-electron chi connectivity index (χ4n) is 2.78. The molecule has 0 fully saturated rings. The first-order valence-corrected chi connectivity index (χ1v) is 7.88. The lowest BCUT2D eigenvalue weighted by Gasteiger charge is -2.22. The molecule has 0 spiro atoms. The molecule has 0 saturated carbocycles. The zero-order chi connectivity index (χ0) is 17.4. The summed E-state index contributed by atoms with van der Waals surface area (Å²) in [5, 5.41) is 18.6. The number of anilines is 1. The molecule has 1 aromatic carbocycles. The zero-order valence-electron chi connectivity index (χ0n) is 13.4. The molecule has 8 heteroatoms. The van der Waals surface area contributed by atoms with Crippen LogP contribution in [0, 0.1) is 10.1 Å². The van der Waals surface area contributed by atoms with E-state index in [0.717, 1.165) is 29.3 Å². The van der Waals surface area contributed by atoms with Gasteiger partial charge in [0.1, 0.15) is 11.8 Å². The van der Waals surface area contributed by atoms with Crippen molar-refractivity contribution in [1.82, 2.24) is 14.8 Å². The summed E-state index contributed by atoms with van der Waals surface area (Å²) in [6, 6.07) is 9.87. The van der Waals surface area contributed by atoms with Crippen LogP contribution in [0.1, 0.15) is 30.1 Å². The Kier molecular flexibility index (Phi) is 3.57. The highest BCUT2D eigenvalue weighted by Crippen LogP contribution is 2.33. The first-order valence-electron chi connectivity index (χ1n) is 7.88. The Morgan fingerprint density at radius 3 is 2.76 bits per heavy atom. The fraction of sp³-hybridized carbons (Fsp3) is 0.176. The van der Waals surface area contributed by atoms with Crippen LogP contribution in [0.2, 0.25) is 0 Å². The normalized spacial score (nSPS) is 16.0. The summed E-state index contributed by atoms with van der Waals surface area (Å²) in [5.74, 6) is 2.10. The highest BCUT2D eigenvalue weighted by molar-refractivity contribution is 5.77. The summed E-state index contributed by atoms with van der Waals surface area (Å²) >= 11 is 0. The summed E-state index contributed by atoms with van der Waals surface area (Å²) in [7, 11) is 0. The molecule has 3 heterocycles. The van der Waals surface area contributed by atoms with Gasteiger partial charge in [-0.2, -0.15) is 10.1 Å². The SMILES string of the molecule is CCc1nc2n(n1)[C@@H](c1ccco1)C=C(c1ccc([N+](=O)[O-])cc1)N2. The Labute approximate surface area is 142 Å². The molecular weight excluding hydrogens is 322 g/mol. The van der Waals surface area contributed by atoms with E-state index >= 15 is 0 Å². The molecule has 0 bridgehead atoms. The van der Waals surface area contributed by atoms with Gasteiger partial charge in [-0.1, -0.05) is 6.92 Å². The number of nitro groups is 1. The van der Waals surface area contributed by atoms with E-state index in [4.69, 9.17) is 4.42 Å². The van der Waals surface area contributed by atoms with Crippen molar-refractivity contribution >= 4 is 17.3 Å². The van der Waals surface area contributed by atoms with E-state index < -0.39 is 4.92 Å². The largest absolute Gasteiger partial charge is 0.467 e. The van der Waals surface area contributed by atoms with Crippen molar-refractivity contribution in [2.24, 2.45) is 0 Å². The van der Waals surface area contributed by atoms with Gasteiger partial charge in [-0.15, -0.1) is 0 Å². The van der Waals surface area contributed by atoms with Crippen LogP contribution in [0.5, 0.6) is 0 Å². The standard InChI is InChI=1S/C17H15N5O3/c1-2-16-19-17-18-13(11-5-7-12(8-6-11)22(23)24)10-14(21(17)20-16)15-4-3-9-25-15/h3-10,14H,2H2,1H3,(H,18,19,20)/t14-/m1/s1. The van der Waals surface area contributed by atoms with E-state index in [1.54, 1.807) is 23.1 Å². The maximum atomic E-state index is 10.8. The van der Waals surface area contributed by atoms with Crippen molar-refractivity contribution in [2.75, 3.05) is 5.32 Å². The number of nitro benzene ring substituents is 1. The lowest BCUT2D eigenvalue weighted by molar-refractivity contribution is -0.384. The van der Waals surface area contributed by atoms with E-state index in [1.165, 1.54) is 12.1 Å². The third-order valence-corrected chi connectivity index (χ3v) is 4.05. The van der Waals surface area contributed by atoms with E-state index in [1.807, 2.05) is 25.1 Å². The van der Waals surface area contributed by atoms with Crippen molar-refractivity contribution < 1.29 is 9.34 Å². The van der Waals surface area contributed by atoms with Gasteiger partial charge in [0.05, 0.1) is 11.2 Å². The highest BCUT2D eigenvalue weighted by atomic mass is 16.6. The number of nitrogens with zero attached hydrogens (tertiary/aromatic N) is 4. The van der Waals surface area contributed by atoms with E-state index in [0.29, 0.717) is 5.95 Å². The number of fused-ring (bicyclic) bond motifs is 1. The second-order valence-corrected chi connectivity index (χ2v) is 5.62. The topological polar surface area (TPSA) is 99.0 Å². The molecule has 25 heavy (non-hydrogen) atoms. The lowest BCUT2D eigenvalue weighted by Crippen LogP contribution is -2.19. The van der Waals surface area contributed by atoms with Gasteiger partial charge in [0, 0.05) is 24.3 Å². The van der Waals surface area contributed by atoms with Gasteiger partial charge in [-0.25, -0.2) is 4.68 Å². The van der Waals surface area contributed by atoms with Crippen molar-refractivity contribution in [3.63, 3.8) is 0 Å². The van der Waals surface area contributed by atoms with Crippen LogP contribution < -0.4 is 5.32 Å². The van der Waals surface area contributed by atoms with E-state index in [-0.39, 0.29) is 11.7 Å². The molecule has 0 unspecified atom stereocenters. The molecule has 0 aliphatic carbocycles. The molecule has 0 saturated heterocycles. The molecule has 1 atom stereocenters. The molecule has 4 rings (SSSR count). The number of hydrogen-bond acceptors (Lipinski definition) is 6. The highest BCUT2D eigenvalue weighted by Gasteiger charge is 2.26. The fourth-order valence-corrected chi connectivity index (χ4v) is 2.78. The summed E-state index contributed by atoms with van der Waals surface area (Å²) in [5.41, 5.74) is 1.69. The van der Waals surface area contributed by atoms with Gasteiger partial charge in [-0.05, 0) is 35.9 Å². The quantitative estimate of drug-likeness (QED) is 0.578. The summed E-state index contributed by atoms with van der Waals surface area (Å²) in [6.45, 7) is 1.99. The van der Waals surface area contributed by atoms with Crippen LogP contribution in [-0.2, 0) is 6.42 Å². The number of nitrogens with one attached hydrogen (secondary N) is 1. The Morgan fingerprint density at radius 2 is 2.12 bits per heavy atom. The molecule has 2 aromatic heterocycles. The average Bonchev–Trinajstić information content (AvgIpc) is 3.30. The van der Waals surface area contributed by atoms with Gasteiger partial charge >= 0.3 is 0 Å². The summed E-state index contributed by atoms with van der Waals surface area (Å²) < 4.78 is 7.34. The van der Waals surface area contributed by atoms with Crippen LogP contribution in [0.3, 0.4) is 0 Å². The number of hydrogen-bond donors (Lipinski definition) is 1. The molecule has 0 amide bonds. The Balaban J connectivity index is 1.76. The molecular formula is C17H15N5O3. The third kappa shape index (κ3) is 2.67. The number of rotatable bonds is 4. The Morgan fingerprint density at radius 1 is 1.32 bits per heavy atom. The van der Waals surface area contributed by atoms with Gasteiger partial charge in [0.25, 0.3) is 5.69 Å². The smallest absolute Gasteiger partial charge is 0.269 e. The lowest BCUT2D eigenvalue weighted by atomic mass is 10.1. The molecule has 1 aliphatic rings. The van der Waals surface area contributed by atoms with Crippen LogP contribution in [-0.4, -0.2) is 19.7 Å². The Bertz CT molecular complexity index is 941. The number of aryl methyl sites for hydroxylation is 1. The van der Waals surface area contributed by atoms with Crippen LogP contribution >= 0.6 is 0 Å². The molecule has 126 valence electrons. The van der Waals surface area contributed by atoms with Crippen LogP contribution in [0.15, 0.2) is 53.2 Å². The van der Waals surface area contributed by atoms with Crippen LogP contribution in [0.4, 0.5) is 11.6 Å². The number of benzene rings is 1. The van der Waals surface area contributed by atoms with Gasteiger partial charge in [0.15, 0.2) is 5.82 Å². The summed E-state index contributed by atoms with van der Waals surface area (Å²) in [6.07, 6.45) is 4.31. The molecule has 3 aromatic rings. The number of non-ortho nitro benzene ring substituents is 1. The number of allylic oxidation sites excluding steroid dienone is 1. The van der Waals surface area contributed by atoms with Gasteiger partial charge in [0.2, 0.25) is 5.95 Å². The van der Waals surface area contributed by atoms with E-state index in [2.05, 4.69) is 15.4 Å². The maximum Gasteiger partial charge on any atom is 0.269 e. The third-order valence-electron chi connectivity index (χ3n) is 4.05. The first kappa shape index (κ1) is 15.1. The zero-order valence-corrected chi connectivity index (χ0v) is 13.4. The monoisotopic (exact) mass is 337 g/mol. The van der Waals surface area contributed by atoms with Gasteiger partial charge in [-0.3, -0.25) is 10.1 Å². The molecule has 1 aliphatic heterocycles. The minimum Gasteiger partial charge on any atom is -0.467 e. The summed E-state index contributed by atoms with van der Waals surface area (Å²) in [4.78, 5) is 14.9. The average molecular weight is 337 g/mol. The van der Waals surface area contributed by atoms with Crippen molar-refractivity contribution in [3.05, 3.63) is 76.0 Å². The Hall–Kier alpha value is -3.42. The van der Waals surface area contributed by atoms with Crippen molar-refractivity contribution in [2.45, 2.75) is 19.4 Å². The second kappa shape index (κ2) is 5.90. The predicted octanol–water partition coefficient (Wildman–Crippen LogP) is 3.40. The van der Waals surface area contributed by atoms with Gasteiger partial charge < -0.3 is 9.73 Å². The predicted molar refractivity (Wildman–Crippen MR) is 90.9 cm³/mol. The molecule has 1 N–H and O–H groups in total. The second-order valence-electron chi connectivity index (χ2n) is 5.62. The first-order chi connectivity index (χ1) is 12.2.